The molecule has 5 nitrogen and oxygen atoms in total. The highest BCUT2D eigenvalue weighted by molar-refractivity contribution is 5.92. The van der Waals surface area contributed by atoms with E-state index in [-0.39, 0.29) is 24.1 Å². The van der Waals surface area contributed by atoms with E-state index in [2.05, 4.69) is 15.7 Å². The van der Waals surface area contributed by atoms with Crippen LogP contribution in [0.15, 0.2) is 36.5 Å². The van der Waals surface area contributed by atoms with Crippen molar-refractivity contribution in [2.24, 2.45) is 0 Å². The maximum Gasteiger partial charge on any atom is 0.271 e. The van der Waals surface area contributed by atoms with Crippen molar-refractivity contribution in [2.75, 3.05) is 13.1 Å². The normalized spacial score (nSPS) is 15.1. The second kappa shape index (κ2) is 10.3. The topological polar surface area (TPSA) is 59.0 Å². The van der Waals surface area contributed by atoms with Crippen molar-refractivity contribution in [2.45, 2.75) is 44.6 Å². The molecule has 0 bridgehead atoms. The predicted octanol–water partition coefficient (Wildman–Crippen LogP) is 3.48. The van der Waals surface area contributed by atoms with Crippen molar-refractivity contribution in [1.29, 1.82) is 0 Å². The minimum absolute atomic E-state index is 0. The Morgan fingerprint density at radius 3 is 2.46 bits per heavy atom. The summed E-state index contributed by atoms with van der Waals surface area (Å²) in [4.78, 5) is 12.2. The highest BCUT2D eigenvalue weighted by Gasteiger charge is 2.12. The molecule has 0 aliphatic heterocycles. The summed E-state index contributed by atoms with van der Waals surface area (Å²) < 4.78 is 14.5. The maximum absolute atomic E-state index is 13.0. The summed E-state index contributed by atoms with van der Waals surface area (Å²) in [6.07, 6.45) is 9.44. The highest BCUT2D eigenvalue weighted by Crippen LogP contribution is 2.16. The number of nitrogens with zero attached hydrogens (tertiary/aromatic N) is 2. The third-order valence-electron chi connectivity index (χ3n) is 4.61. The molecule has 0 saturated heterocycles. The van der Waals surface area contributed by atoms with E-state index >= 15 is 0 Å². The molecule has 142 valence electrons. The molecular weight excluding hydrogens is 355 g/mol. The quantitative estimate of drug-likeness (QED) is 0.596. The molecule has 0 unspecified atom stereocenters. The van der Waals surface area contributed by atoms with Gasteiger partial charge in [0.25, 0.3) is 5.91 Å². The molecule has 1 aliphatic carbocycles. The summed E-state index contributed by atoms with van der Waals surface area (Å²) in [6.45, 7) is 1.35. The van der Waals surface area contributed by atoms with Crippen LogP contribution >= 0.6 is 12.4 Å². The molecule has 1 fully saturated rings. The molecule has 1 aliphatic rings. The fraction of sp³-hybridized carbons (Fsp3) is 0.474. The van der Waals surface area contributed by atoms with Gasteiger partial charge in [-0.05, 0) is 43.2 Å². The van der Waals surface area contributed by atoms with E-state index in [9.17, 15) is 9.18 Å². The zero-order chi connectivity index (χ0) is 17.5. The van der Waals surface area contributed by atoms with Gasteiger partial charge in [0.05, 0.1) is 5.69 Å². The minimum Gasteiger partial charge on any atom is -0.349 e. The Hall–Kier alpha value is -1.92. The molecule has 1 saturated carbocycles. The Kier molecular flexibility index (Phi) is 8.06. The Morgan fingerprint density at radius 2 is 1.77 bits per heavy atom. The van der Waals surface area contributed by atoms with Gasteiger partial charge in [-0.1, -0.05) is 25.7 Å². The van der Waals surface area contributed by atoms with E-state index in [1.807, 2.05) is 0 Å². The summed E-state index contributed by atoms with van der Waals surface area (Å²) in [6, 6.07) is 8.24. The predicted molar refractivity (Wildman–Crippen MR) is 103 cm³/mol. The number of carbonyl (C=O) groups is 1. The van der Waals surface area contributed by atoms with Gasteiger partial charge in [0, 0.05) is 25.3 Å². The molecule has 1 heterocycles. The van der Waals surface area contributed by atoms with Crippen LogP contribution in [0.25, 0.3) is 5.69 Å². The van der Waals surface area contributed by atoms with Crippen LogP contribution in [0.2, 0.25) is 0 Å². The van der Waals surface area contributed by atoms with Crippen molar-refractivity contribution in [3.63, 3.8) is 0 Å². The first-order valence-corrected chi connectivity index (χ1v) is 9.05. The summed E-state index contributed by atoms with van der Waals surface area (Å²) in [5.41, 5.74) is 1.08. The molecule has 0 atom stereocenters. The van der Waals surface area contributed by atoms with Crippen LogP contribution in [-0.2, 0) is 0 Å². The van der Waals surface area contributed by atoms with Crippen LogP contribution in [0.5, 0.6) is 0 Å². The van der Waals surface area contributed by atoms with E-state index in [4.69, 9.17) is 0 Å². The number of benzene rings is 1. The number of halogens is 2. The van der Waals surface area contributed by atoms with E-state index in [1.165, 1.54) is 50.7 Å². The Morgan fingerprint density at radius 1 is 1.08 bits per heavy atom. The van der Waals surface area contributed by atoms with Gasteiger partial charge in [0.2, 0.25) is 0 Å². The molecule has 1 amide bonds. The minimum atomic E-state index is -0.296. The summed E-state index contributed by atoms with van der Waals surface area (Å²) in [5.74, 6) is -0.487. The molecule has 0 spiro atoms. The average Bonchev–Trinajstić information content (AvgIpc) is 2.97. The smallest absolute Gasteiger partial charge is 0.271 e. The van der Waals surface area contributed by atoms with Gasteiger partial charge in [-0.15, -0.1) is 12.4 Å². The largest absolute Gasteiger partial charge is 0.349 e. The third-order valence-corrected chi connectivity index (χ3v) is 4.61. The molecule has 1 aromatic carbocycles. The highest BCUT2D eigenvalue weighted by atomic mass is 35.5. The molecule has 1 aromatic heterocycles. The lowest BCUT2D eigenvalue weighted by atomic mass is 10.1. The van der Waals surface area contributed by atoms with E-state index < -0.39 is 0 Å². The Balaban J connectivity index is 0.00000243. The van der Waals surface area contributed by atoms with Crippen molar-refractivity contribution in [3.05, 3.63) is 48.0 Å². The molecule has 2 aromatic rings. The molecule has 0 radical (unpaired) electrons. The van der Waals surface area contributed by atoms with Gasteiger partial charge in [-0.25, -0.2) is 9.07 Å². The van der Waals surface area contributed by atoms with Crippen LogP contribution < -0.4 is 10.6 Å². The van der Waals surface area contributed by atoms with Crippen LogP contribution in [0.4, 0.5) is 4.39 Å². The average molecular weight is 381 g/mol. The van der Waals surface area contributed by atoms with Crippen LogP contribution in [0.3, 0.4) is 0 Å². The Bertz CT molecular complexity index is 681. The van der Waals surface area contributed by atoms with E-state index in [0.717, 1.165) is 12.2 Å². The fourth-order valence-electron chi connectivity index (χ4n) is 3.21. The lowest BCUT2D eigenvalue weighted by molar-refractivity contribution is 0.0948. The van der Waals surface area contributed by atoms with E-state index in [1.54, 1.807) is 29.1 Å². The monoisotopic (exact) mass is 380 g/mol. The second-order valence-corrected chi connectivity index (χ2v) is 6.52. The summed E-state index contributed by atoms with van der Waals surface area (Å²) >= 11 is 0. The van der Waals surface area contributed by atoms with Gasteiger partial charge in [0.15, 0.2) is 5.69 Å². The number of nitrogens with one attached hydrogen (secondary N) is 2. The standard InChI is InChI=1S/C19H25FN4O.ClH/c20-15-7-9-17(10-8-15)24-14-11-18(23-24)19(25)22-13-12-21-16-5-3-1-2-4-6-16;/h7-11,14,16,21H,1-6,12-13H2,(H,22,25);1H. The van der Waals surface area contributed by atoms with Crippen LogP contribution in [0.1, 0.15) is 49.0 Å². The second-order valence-electron chi connectivity index (χ2n) is 6.52. The van der Waals surface area contributed by atoms with Crippen LogP contribution in [0, 0.1) is 5.82 Å². The molecule has 3 rings (SSSR count). The van der Waals surface area contributed by atoms with Crippen LogP contribution in [-0.4, -0.2) is 34.8 Å². The number of carbonyl (C=O) groups excluding carboxylic acids is 1. The lowest BCUT2D eigenvalue weighted by Crippen LogP contribution is -2.37. The first-order chi connectivity index (χ1) is 12.2. The summed E-state index contributed by atoms with van der Waals surface area (Å²) in [7, 11) is 0. The van der Waals surface area contributed by atoms with Crippen molar-refractivity contribution in [3.8, 4) is 5.69 Å². The fourth-order valence-corrected chi connectivity index (χ4v) is 3.21. The zero-order valence-corrected chi connectivity index (χ0v) is 15.6. The van der Waals surface area contributed by atoms with Gasteiger partial charge < -0.3 is 10.6 Å². The van der Waals surface area contributed by atoms with Gasteiger partial charge in [-0.2, -0.15) is 5.10 Å². The zero-order valence-electron chi connectivity index (χ0n) is 14.8. The lowest BCUT2D eigenvalue weighted by Gasteiger charge is -2.16. The molecule has 2 N–H and O–H groups in total. The summed E-state index contributed by atoms with van der Waals surface area (Å²) in [5, 5.41) is 10.7. The number of hydrogen-bond donors (Lipinski definition) is 2. The van der Waals surface area contributed by atoms with E-state index in [0.29, 0.717) is 18.3 Å². The molecule has 7 heteroatoms. The first-order valence-electron chi connectivity index (χ1n) is 9.05. The molecule has 26 heavy (non-hydrogen) atoms. The number of hydrogen-bond acceptors (Lipinski definition) is 3. The number of rotatable bonds is 6. The first kappa shape index (κ1) is 20.4. The Labute approximate surface area is 159 Å². The van der Waals surface area contributed by atoms with Crippen molar-refractivity contribution < 1.29 is 9.18 Å². The van der Waals surface area contributed by atoms with Crippen molar-refractivity contribution in [1.82, 2.24) is 20.4 Å². The molecular formula is C19H26ClFN4O. The van der Waals surface area contributed by atoms with Gasteiger partial charge in [-0.3, -0.25) is 4.79 Å². The van der Waals surface area contributed by atoms with Crippen molar-refractivity contribution >= 4 is 18.3 Å². The van der Waals surface area contributed by atoms with Gasteiger partial charge >= 0.3 is 0 Å². The number of aromatic nitrogens is 2. The van der Waals surface area contributed by atoms with Gasteiger partial charge in [0.1, 0.15) is 5.82 Å². The third kappa shape index (κ3) is 5.81. The number of amides is 1. The maximum atomic E-state index is 13.0. The SMILES string of the molecule is Cl.O=C(NCCNC1CCCCCC1)c1ccn(-c2ccc(F)cc2)n1.